The minimum absolute atomic E-state index is 0.136. The summed E-state index contributed by atoms with van der Waals surface area (Å²) in [5.41, 5.74) is 3.07. The highest BCUT2D eigenvalue weighted by Crippen LogP contribution is 2.31. The number of carbonyl (C=O) groups excluding carboxylic acids is 2. The second-order valence-corrected chi connectivity index (χ2v) is 9.46. The number of hydrogen-bond acceptors (Lipinski definition) is 5. The van der Waals surface area contributed by atoms with Gasteiger partial charge in [0.2, 0.25) is 0 Å². The lowest BCUT2D eigenvalue weighted by Crippen LogP contribution is -2.33. The number of carbonyl (C=O) groups is 2. The van der Waals surface area contributed by atoms with Crippen LogP contribution in [0.15, 0.2) is 42.5 Å². The van der Waals surface area contributed by atoms with Gasteiger partial charge in [-0.2, -0.15) is 0 Å². The summed E-state index contributed by atoms with van der Waals surface area (Å²) in [6, 6.07) is 13.8. The van der Waals surface area contributed by atoms with Crippen LogP contribution in [0.2, 0.25) is 0 Å². The van der Waals surface area contributed by atoms with E-state index in [9.17, 15) is 9.59 Å². The highest BCUT2D eigenvalue weighted by atomic mass is 16.6. The molecule has 178 valence electrons. The van der Waals surface area contributed by atoms with E-state index in [1.54, 1.807) is 6.07 Å². The maximum atomic E-state index is 12.3. The molecule has 1 saturated carbocycles. The van der Waals surface area contributed by atoms with Gasteiger partial charge in [-0.3, -0.25) is 0 Å². The lowest BCUT2D eigenvalue weighted by Gasteiger charge is -2.24. The van der Waals surface area contributed by atoms with Crippen LogP contribution in [0.5, 0.6) is 5.75 Å². The Morgan fingerprint density at radius 2 is 1.64 bits per heavy atom. The number of benzene rings is 2. The molecular formula is C27H35NO5. The molecule has 0 heterocycles. The van der Waals surface area contributed by atoms with Crippen molar-refractivity contribution in [1.82, 2.24) is 5.32 Å². The first-order valence-corrected chi connectivity index (χ1v) is 11.7. The summed E-state index contributed by atoms with van der Waals surface area (Å²) in [5.74, 6) is 0.192. The standard InChI is InChI=1S/C27H35NO5/c1-27(2,3)33-26(30)28-17-16-19-10-12-20(13-11-19)21-14-15-23(25(29)31-4)24(18-21)32-22-8-6-5-7-9-22/h10-15,18,22H,5-9,16-17H2,1-4H3,(H,28,30). The third kappa shape index (κ3) is 7.52. The molecule has 1 aliphatic rings. The number of rotatable bonds is 7. The molecule has 0 saturated heterocycles. The highest BCUT2D eigenvalue weighted by Gasteiger charge is 2.20. The Hall–Kier alpha value is -3.02. The van der Waals surface area contributed by atoms with E-state index in [0.29, 0.717) is 24.3 Å². The van der Waals surface area contributed by atoms with E-state index in [4.69, 9.17) is 14.2 Å². The van der Waals surface area contributed by atoms with Crippen LogP contribution in [-0.2, 0) is 15.9 Å². The molecule has 0 unspecified atom stereocenters. The maximum absolute atomic E-state index is 12.3. The topological polar surface area (TPSA) is 73.9 Å². The molecule has 2 aromatic carbocycles. The van der Waals surface area contributed by atoms with Gasteiger partial charge in [0.15, 0.2) is 0 Å². The number of hydrogen-bond donors (Lipinski definition) is 1. The van der Waals surface area contributed by atoms with Crippen molar-refractivity contribution in [3.63, 3.8) is 0 Å². The second kappa shape index (κ2) is 11.2. The lowest BCUT2D eigenvalue weighted by molar-refractivity contribution is 0.0526. The van der Waals surface area contributed by atoms with Gasteiger partial charge in [0.25, 0.3) is 0 Å². The van der Waals surface area contributed by atoms with Crippen LogP contribution < -0.4 is 10.1 Å². The van der Waals surface area contributed by atoms with Crippen molar-refractivity contribution in [2.75, 3.05) is 13.7 Å². The van der Waals surface area contributed by atoms with E-state index >= 15 is 0 Å². The molecule has 1 amide bonds. The normalized spacial score (nSPS) is 14.4. The molecule has 0 bridgehead atoms. The summed E-state index contributed by atoms with van der Waals surface area (Å²) in [6.45, 7) is 6.03. The van der Waals surface area contributed by atoms with Gasteiger partial charge < -0.3 is 19.5 Å². The second-order valence-electron chi connectivity index (χ2n) is 9.46. The molecule has 0 spiro atoms. The Balaban J connectivity index is 1.67. The van der Waals surface area contributed by atoms with Gasteiger partial charge >= 0.3 is 12.1 Å². The van der Waals surface area contributed by atoms with Gasteiger partial charge in [0.1, 0.15) is 16.9 Å². The Bertz CT molecular complexity index is 940. The highest BCUT2D eigenvalue weighted by molar-refractivity contribution is 5.93. The van der Waals surface area contributed by atoms with Crippen LogP contribution in [0.3, 0.4) is 0 Å². The van der Waals surface area contributed by atoms with Crippen LogP contribution >= 0.6 is 0 Å². The minimum Gasteiger partial charge on any atom is -0.490 e. The van der Waals surface area contributed by atoms with Gasteiger partial charge in [-0.1, -0.05) is 36.8 Å². The van der Waals surface area contributed by atoms with Crippen LogP contribution in [0.25, 0.3) is 11.1 Å². The third-order valence-electron chi connectivity index (χ3n) is 5.60. The molecule has 0 atom stereocenters. The first-order valence-electron chi connectivity index (χ1n) is 11.7. The van der Waals surface area contributed by atoms with Crippen molar-refractivity contribution in [3.8, 4) is 16.9 Å². The summed E-state index contributed by atoms with van der Waals surface area (Å²) in [4.78, 5) is 24.0. The molecule has 1 fully saturated rings. The molecule has 6 nitrogen and oxygen atoms in total. The fraction of sp³-hybridized carbons (Fsp3) is 0.481. The summed E-state index contributed by atoms with van der Waals surface area (Å²) < 4.78 is 16.5. The average Bonchev–Trinajstić information content (AvgIpc) is 2.78. The van der Waals surface area contributed by atoms with Crippen LogP contribution in [0.1, 0.15) is 68.8 Å². The van der Waals surface area contributed by atoms with E-state index in [2.05, 4.69) is 5.32 Å². The summed E-state index contributed by atoms with van der Waals surface area (Å²) >= 11 is 0. The largest absolute Gasteiger partial charge is 0.490 e. The zero-order chi connectivity index (χ0) is 23.8. The van der Waals surface area contributed by atoms with Crippen molar-refractivity contribution in [3.05, 3.63) is 53.6 Å². The zero-order valence-electron chi connectivity index (χ0n) is 20.1. The number of esters is 1. The van der Waals surface area contributed by atoms with E-state index in [-0.39, 0.29) is 12.1 Å². The molecule has 6 heteroatoms. The van der Waals surface area contributed by atoms with Gasteiger partial charge in [-0.25, -0.2) is 9.59 Å². The average molecular weight is 454 g/mol. The number of alkyl carbamates (subject to hydrolysis) is 1. The monoisotopic (exact) mass is 453 g/mol. The predicted octanol–water partition coefficient (Wildman–Crippen LogP) is 5.92. The van der Waals surface area contributed by atoms with Gasteiger partial charge in [-0.05, 0) is 81.7 Å². The Kier molecular flexibility index (Phi) is 8.37. The maximum Gasteiger partial charge on any atom is 0.407 e. The molecule has 1 aliphatic carbocycles. The molecule has 1 N–H and O–H groups in total. The van der Waals surface area contributed by atoms with Crippen molar-refractivity contribution in [2.45, 2.75) is 71.0 Å². The van der Waals surface area contributed by atoms with E-state index in [1.165, 1.54) is 13.5 Å². The number of amides is 1. The zero-order valence-corrected chi connectivity index (χ0v) is 20.1. The molecule has 0 aromatic heterocycles. The Morgan fingerprint density at radius 3 is 2.27 bits per heavy atom. The van der Waals surface area contributed by atoms with Crippen molar-refractivity contribution in [2.24, 2.45) is 0 Å². The van der Waals surface area contributed by atoms with Crippen LogP contribution in [0.4, 0.5) is 4.79 Å². The van der Waals surface area contributed by atoms with E-state index in [1.807, 2.05) is 57.2 Å². The molecule has 2 aromatic rings. The van der Waals surface area contributed by atoms with Gasteiger partial charge in [0, 0.05) is 6.54 Å². The van der Waals surface area contributed by atoms with Crippen LogP contribution in [0, 0.1) is 0 Å². The fourth-order valence-electron chi connectivity index (χ4n) is 3.93. The molecular weight excluding hydrogens is 418 g/mol. The molecule has 0 radical (unpaired) electrons. The van der Waals surface area contributed by atoms with E-state index in [0.717, 1.165) is 42.4 Å². The van der Waals surface area contributed by atoms with E-state index < -0.39 is 11.7 Å². The van der Waals surface area contributed by atoms with Crippen molar-refractivity contribution in [1.29, 1.82) is 0 Å². The summed E-state index contributed by atoms with van der Waals surface area (Å²) in [5, 5.41) is 2.78. The molecule has 0 aliphatic heterocycles. The molecule has 3 rings (SSSR count). The van der Waals surface area contributed by atoms with Gasteiger partial charge in [0.05, 0.1) is 13.2 Å². The fourth-order valence-corrected chi connectivity index (χ4v) is 3.93. The Morgan fingerprint density at radius 1 is 0.970 bits per heavy atom. The summed E-state index contributed by atoms with van der Waals surface area (Å²) in [6.07, 6.45) is 6.01. The smallest absolute Gasteiger partial charge is 0.407 e. The summed E-state index contributed by atoms with van der Waals surface area (Å²) in [7, 11) is 1.39. The predicted molar refractivity (Wildman–Crippen MR) is 129 cm³/mol. The first kappa shape index (κ1) is 24.6. The number of methoxy groups -OCH3 is 1. The third-order valence-corrected chi connectivity index (χ3v) is 5.60. The van der Waals surface area contributed by atoms with Crippen molar-refractivity contribution >= 4 is 12.1 Å². The van der Waals surface area contributed by atoms with Crippen LogP contribution in [-0.4, -0.2) is 37.4 Å². The van der Waals surface area contributed by atoms with Crippen molar-refractivity contribution < 1.29 is 23.8 Å². The minimum atomic E-state index is -0.505. The SMILES string of the molecule is COC(=O)c1ccc(-c2ccc(CCNC(=O)OC(C)(C)C)cc2)cc1OC1CCCCC1. The van der Waals surface area contributed by atoms with Gasteiger partial charge in [-0.15, -0.1) is 0 Å². The molecule has 33 heavy (non-hydrogen) atoms. The first-order chi connectivity index (χ1) is 15.7. The quantitative estimate of drug-likeness (QED) is 0.527. The number of nitrogens with one attached hydrogen (secondary N) is 1. The Labute approximate surface area is 196 Å². The lowest BCUT2D eigenvalue weighted by atomic mass is 9.97. The number of ether oxygens (including phenoxy) is 3.